The van der Waals surface area contributed by atoms with Gasteiger partial charge in [0.2, 0.25) is 0 Å². The van der Waals surface area contributed by atoms with Crippen molar-refractivity contribution in [3.8, 4) is 11.0 Å². The molecule has 3 aromatic rings. The molecular formula is C41H67NP2. The van der Waals surface area contributed by atoms with Gasteiger partial charge in [-0.25, -0.2) is 0 Å². The molecule has 0 radical (unpaired) electrons. The SMILES string of the molecule is CC(C)(C)c1cc(C(C)(C)C)c(-n2pc(C(C)(C)C)p2-c2c(C(C)(C)C)cc(C(C)(C)C)cc2C(C)(C)C)c(C(C)(C)C)c1. The Morgan fingerprint density at radius 3 is 0.955 bits per heavy atom. The van der Waals surface area contributed by atoms with E-state index in [1.165, 1.54) is 47.4 Å². The molecule has 0 bridgehead atoms. The van der Waals surface area contributed by atoms with Crippen LogP contribution in [0.2, 0.25) is 0 Å². The molecule has 44 heavy (non-hydrogen) atoms. The largest absolute Gasteiger partial charge is 0.277 e. The zero-order valence-electron chi connectivity index (χ0n) is 32.7. The van der Waals surface area contributed by atoms with Gasteiger partial charge in [-0.05, 0) is 79.0 Å². The van der Waals surface area contributed by atoms with E-state index in [0.717, 1.165) is 0 Å². The fourth-order valence-corrected chi connectivity index (χ4v) is 11.3. The van der Waals surface area contributed by atoms with Crippen LogP contribution in [0.15, 0.2) is 24.3 Å². The van der Waals surface area contributed by atoms with Crippen LogP contribution in [0.3, 0.4) is 0 Å². The summed E-state index contributed by atoms with van der Waals surface area (Å²) < 4.78 is 2.86. The Morgan fingerprint density at radius 2 is 0.705 bits per heavy atom. The van der Waals surface area contributed by atoms with Crippen LogP contribution < -0.4 is 0 Å². The first kappa shape index (κ1) is 37.2. The first-order valence-electron chi connectivity index (χ1n) is 16.9. The Hall–Kier alpha value is -1.29. The number of hydrogen-bond acceptors (Lipinski definition) is 0. The molecule has 1 atom stereocenters. The first-order valence-corrected chi connectivity index (χ1v) is 19.0. The summed E-state index contributed by atoms with van der Waals surface area (Å²) in [5.41, 5.74) is 10.8. The summed E-state index contributed by atoms with van der Waals surface area (Å²) in [7, 11) is 0.638. The van der Waals surface area contributed by atoms with Gasteiger partial charge in [0.1, 0.15) is 0 Å². The van der Waals surface area contributed by atoms with Gasteiger partial charge in [-0.1, -0.05) is 170 Å². The van der Waals surface area contributed by atoms with Crippen molar-refractivity contribution in [3.63, 3.8) is 0 Å². The standard InChI is InChI=1S/C41H67NP2/c1-35(2,3)26-22-28(37(7,8)9)32(29(23-26)38(10,11)12)42-43-34(41(19,20)21)44(42)33-30(39(13,14)15)24-27(36(4,5)6)25-31(33)40(16,17)18/h22-25H,1-21H3. The third-order valence-corrected chi connectivity index (χ3v) is 14.3. The lowest BCUT2D eigenvalue weighted by molar-refractivity contribution is 0.545. The van der Waals surface area contributed by atoms with Crippen LogP contribution in [0.5, 0.6) is 0 Å². The monoisotopic (exact) mass is 635 g/mol. The highest BCUT2D eigenvalue weighted by Crippen LogP contribution is 2.64. The van der Waals surface area contributed by atoms with Gasteiger partial charge in [-0.3, -0.25) is 4.09 Å². The zero-order chi connectivity index (χ0) is 34.4. The third kappa shape index (κ3) is 7.47. The molecular weight excluding hydrogens is 568 g/mol. The Kier molecular flexibility index (Phi) is 9.43. The molecule has 3 heteroatoms. The molecule has 0 N–H and O–H groups in total. The highest BCUT2D eigenvalue weighted by atomic mass is 31.2. The number of benzene rings is 2. The minimum absolute atomic E-state index is 0.0143. The third-order valence-electron chi connectivity index (χ3n) is 8.85. The Bertz CT molecular complexity index is 1440. The van der Waals surface area contributed by atoms with Crippen LogP contribution in [0.1, 0.15) is 184 Å². The smallest absolute Gasteiger partial charge is 0.0606 e. The van der Waals surface area contributed by atoms with Crippen LogP contribution in [0, 0.1) is 0 Å². The second-order valence-corrected chi connectivity index (χ2v) is 24.2. The van der Waals surface area contributed by atoms with E-state index in [2.05, 4.69) is 174 Å². The Balaban J connectivity index is 2.73. The van der Waals surface area contributed by atoms with Gasteiger partial charge in [0.25, 0.3) is 0 Å². The second-order valence-electron chi connectivity index (χ2n) is 20.6. The normalized spacial score (nSPS) is 15.1. The molecule has 3 rings (SSSR count). The minimum atomic E-state index is -0.729. The summed E-state index contributed by atoms with van der Waals surface area (Å²) in [6, 6.07) is 10.3. The quantitative estimate of drug-likeness (QED) is 0.264. The molecule has 0 spiro atoms. The van der Waals surface area contributed by atoms with E-state index in [0.29, 0.717) is 0 Å². The van der Waals surface area contributed by atoms with Crippen molar-refractivity contribution in [2.75, 3.05) is 0 Å². The number of hydrogen-bond donors (Lipinski definition) is 0. The van der Waals surface area contributed by atoms with Crippen molar-refractivity contribution in [2.24, 2.45) is 0 Å². The van der Waals surface area contributed by atoms with Crippen molar-refractivity contribution in [3.05, 3.63) is 62.7 Å². The average molecular weight is 636 g/mol. The zero-order valence-corrected chi connectivity index (χ0v) is 34.4. The number of aromatic nitrogens is 1. The fourth-order valence-electron chi connectivity index (χ4n) is 5.91. The highest BCUT2D eigenvalue weighted by molar-refractivity contribution is 7.69. The first-order chi connectivity index (χ1) is 19.3. The maximum atomic E-state index is 2.86. The molecule has 0 aliphatic heterocycles. The molecule has 0 amide bonds. The van der Waals surface area contributed by atoms with Gasteiger partial charge in [0.15, 0.2) is 0 Å². The van der Waals surface area contributed by atoms with Crippen LogP contribution in [-0.2, 0) is 37.9 Å². The van der Waals surface area contributed by atoms with Crippen LogP contribution >= 0.6 is 16.0 Å². The predicted octanol–water partition coefficient (Wildman–Crippen LogP) is 14.1. The fraction of sp³-hybridized carbons (Fsp3) is 0.683. The predicted molar refractivity (Wildman–Crippen MR) is 203 cm³/mol. The summed E-state index contributed by atoms with van der Waals surface area (Å²) in [6.45, 7) is 50.6. The van der Waals surface area contributed by atoms with Crippen molar-refractivity contribution < 1.29 is 0 Å². The molecule has 246 valence electrons. The topological polar surface area (TPSA) is 4.93 Å². The number of rotatable bonds is 2. The molecule has 2 aromatic carbocycles. The maximum Gasteiger partial charge on any atom is 0.0606 e. The number of nitrogens with zero attached hydrogens (tertiary/aromatic N) is 1. The van der Waals surface area contributed by atoms with Gasteiger partial charge in [0, 0.05) is 18.7 Å². The van der Waals surface area contributed by atoms with Crippen molar-refractivity contribution in [1.29, 1.82) is 0 Å². The molecule has 1 nitrogen and oxygen atoms in total. The lowest BCUT2D eigenvalue weighted by atomic mass is 9.74. The maximum absolute atomic E-state index is 2.86. The van der Waals surface area contributed by atoms with Crippen LogP contribution in [-0.4, -0.2) is 4.09 Å². The van der Waals surface area contributed by atoms with Gasteiger partial charge in [-0.15, -0.1) is 0 Å². The van der Waals surface area contributed by atoms with Crippen LogP contribution in [0.4, 0.5) is 0 Å². The molecule has 1 aromatic heterocycles. The van der Waals surface area contributed by atoms with E-state index in [4.69, 9.17) is 0 Å². The van der Waals surface area contributed by atoms with Gasteiger partial charge in [0.05, 0.1) is 5.69 Å². The average Bonchev–Trinajstić information content (AvgIpc) is 2.72. The van der Waals surface area contributed by atoms with E-state index < -0.39 is 7.69 Å². The molecule has 0 fully saturated rings. The van der Waals surface area contributed by atoms with E-state index in [1.54, 1.807) is 10.3 Å². The highest BCUT2D eigenvalue weighted by Gasteiger charge is 2.38. The van der Waals surface area contributed by atoms with Gasteiger partial charge >= 0.3 is 0 Å². The minimum Gasteiger partial charge on any atom is -0.277 e. The van der Waals surface area contributed by atoms with Crippen LogP contribution in [0.25, 0.3) is 11.0 Å². The molecule has 0 aliphatic rings. The molecule has 0 saturated heterocycles. The van der Waals surface area contributed by atoms with Crippen molar-refractivity contribution >= 4 is 16.0 Å². The lowest BCUT2D eigenvalue weighted by Gasteiger charge is -2.41. The Labute approximate surface area is 276 Å². The summed E-state index contributed by atoms with van der Waals surface area (Å²) in [6.07, 6.45) is 0. The molecule has 1 unspecified atom stereocenters. The summed E-state index contributed by atoms with van der Waals surface area (Å²) in [5.74, 6) is 0. The summed E-state index contributed by atoms with van der Waals surface area (Å²) in [4.78, 5) is 0. The molecule has 0 saturated carbocycles. The van der Waals surface area contributed by atoms with E-state index in [1.807, 2.05) is 0 Å². The molecule has 0 aliphatic carbocycles. The summed E-state index contributed by atoms with van der Waals surface area (Å²) >= 11 is 0. The van der Waals surface area contributed by atoms with E-state index >= 15 is 0 Å². The second kappa shape index (κ2) is 11.2. The Morgan fingerprint density at radius 1 is 0.409 bits per heavy atom. The lowest BCUT2D eigenvalue weighted by Crippen LogP contribution is -2.26. The van der Waals surface area contributed by atoms with Gasteiger partial charge < -0.3 is 0 Å². The van der Waals surface area contributed by atoms with Crippen molar-refractivity contribution in [2.45, 2.75) is 183 Å². The van der Waals surface area contributed by atoms with Gasteiger partial charge in [-0.2, -0.15) is 0 Å². The van der Waals surface area contributed by atoms with E-state index in [9.17, 15) is 0 Å². The van der Waals surface area contributed by atoms with E-state index in [-0.39, 0.29) is 37.9 Å². The molecule has 1 heterocycles. The summed E-state index contributed by atoms with van der Waals surface area (Å²) in [5, 5.41) is 3.29. The van der Waals surface area contributed by atoms with Crippen molar-refractivity contribution in [1.82, 2.24) is 4.09 Å².